The molecule has 1 aliphatic rings. The van der Waals surface area contributed by atoms with Crippen LogP contribution in [-0.4, -0.2) is 28.7 Å². The highest BCUT2D eigenvalue weighted by atomic mass is 79.9. The zero-order valence-corrected chi connectivity index (χ0v) is 20.9. The molecule has 1 aliphatic heterocycles. The van der Waals surface area contributed by atoms with Gasteiger partial charge in [-0.05, 0) is 34.9 Å². The van der Waals surface area contributed by atoms with Gasteiger partial charge in [0.25, 0.3) is 11.8 Å². The van der Waals surface area contributed by atoms with Crippen molar-refractivity contribution < 1.29 is 14.4 Å². The van der Waals surface area contributed by atoms with Crippen LogP contribution in [0.25, 0.3) is 0 Å². The molecule has 4 aromatic rings. The molecule has 0 aliphatic carbocycles. The van der Waals surface area contributed by atoms with Crippen molar-refractivity contribution in [1.82, 2.24) is 10.2 Å². The minimum absolute atomic E-state index is 0.204. The summed E-state index contributed by atoms with van der Waals surface area (Å²) in [6.45, 7) is 0. The lowest BCUT2D eigenvalue weighted by molar-refractivity contribution is -0.125. The molecule has 0 unspecified atom stereocenters. The molecule has 178 valence electrons. The van der Waals surface area contributed by atoms with Crippen LogP contribution in [-0.2, 0) is 11.2 Å². The van der Waals surface area contributed by atoms with Crippen molar-refractivity contribution in [2.45, 2.75) is 18.5 Å². The lowest BCUT2D eigenvalue weighted by Crippen LogP contribution is -2.51. The standard InChI is InChI=1S/C30H23BrN2O3/c31-25-18-10-9-17-24(25)27(21-13-5-2-6-14-21)32-28(34)26(19-20-11-3-1-4-12-20)33-29(35)22-15-7-8-16-23(22)30(33)36/h1-18,26-27H,19H2,(H,32,34)/t26-,27-/m1/s1. The number of benzene rings is 4. The third-order valence-electron chi connectivity index (χ3n) is 6.35. The van der Waals surface area contributed by atoms with Gasteiger partial charge in [0, 0.05) is 10.9 Å². The summed E-state index contributed by atoms with van der Waals surface area (Å²) in [6, 6.07) is 31.9. The summed E-state index contributed by atoms with van der Waals surface area (Å²) < 4.78 is 0.847. The summed E-state index contributed by atoms with van der Waals surface area (Å²) in [7, 11) is 0. The van der Waals surface area contributed by atoms with Crippen molar-refractivity contribution in [3.05, 3.63) is 141 Å². The summed E-state index contributed by atoms with van der Waals surface area (Å²) in [5, 5.41) is 3.14. The molecule has 2 atom stereocenters. The fourth-order valence-electron chi connectivity index (χ4n) is 4.56. The molecule has 0 saturated heterocycles. The van der Waals surface area contributed by atoms with Gasteiger partial charge < -0.3 is 5.32 Å². The quantitative estimate of drug-likeness (QED) is 0.313. The number of hydrogen-bond acceptors (Lipinski definition) is 3. The van der Waals surface area contributed by atoms with Crippen LogP contribution in [0.1, 0.15) is 43.4 Å². The van der Waals surface area contributed by atoms with E-state index in [1.807, 2.05) is 84.9 Å². The Hall–Kier alpha value is -4.03. The van der Waals surface area contributed by atoms with Crippen molar-refractivity contribution >= 4 is 33.7 Å². The number of hydrogen-bond donors (Lipinski definition) is 1. The van der Waals surface area contributed by atoms with Gasteiger partial charge in [-0.3, -0.25) is 19.3 Å². The zero-order chi connectivity index (χ0) is 25.1. The van der Waals surface area contributed by atoms with Gasteiger partial charge in [-0.25, -0.2) is 0 Å². The van der Waals surface area contributed by atoms with Crippen LogP contribution in [0.2, 0.25) is 0 Å². The Balaban J connectivity index is 1.53. The van der Waals surface area contributed by atoms with E-state index in [1.54, 1.807) is 24.3 Å². The van der Waals surface area contributed by atoms with Gasteiger partial charge >= 0.3 is 0 Å². The molecule has 1 heterocycles. The molecular weight excluding hydrogens is 516 g/mol. The van der Waals surface area contributed by atoms with E-state index in [1.165, 1.54) is 0 Å². The number of amides is 3. The Bertz CT molecular complexity index is 1390. The van der Waals surface area contributed by atoms with E-state index in [0.717, 1.165) is 26.1 Å². The number of fused-ring (bicyclic) bond motifs is 1. The van der Waals surface area contributed by atoms with Crippen LogP contribution in [0.5, 0.6) is 0 Å². The van der Waals surface area contributed by atoms with Crippen molar-refractivity contribution in [2.24, 2.45) is 0 Å². The molecule has 0 fully saturated rings. The van der Waals surface area contributed by atoms with Gasteiger partial charge in [-0.1, -0.05) is 107 Å². The maximum Gasteiger partial charge on any atom is 0.262 e. The van der Waals surface area contributed by atoms with Crippen LogP contribution in [0.3, 0.4) is 0 Å². The van der Waals surface area contributed by atoms with E-state index in [4.69, 9.17) is 0 Å². The number of imide groups is 1. The summed E-state index contributed by atoms with van der Waals surface area (Å²) >= 11 is 3.61. The number of nitrogens with one attached hydrogen (secondary N) is 1. The first-order valence-corrected chi connectivity index (χ1v) is 12.4. The van der Waals surface area contributed by atoms with Crippen LogP contribution in [0, 0.1) is 0 Å². The predicted octanol–water partition coefficient (Wildman–Crippen LogP) is 5.56. The number of carbonyl (C=O) groups is 3. The molecule has 1 N–H and O–H groups in total. The van der Waals surface area contributed by atoms with E-state index >= 15 is 0 Å². The average Bonchev–Trinajstić information content (AvgIpc) is 3.17. The molecule has 3 amide bonds. The molecule has 0 bridgehead atoms. The van der Waals surface area contributed by atoms with Gasteiger partial charge in [-0.2, -0.15) is 0 Å². The molecule has 0 radical (unpaired) electrons. The fraction of sp³-hybridized carbons (Fsp3) is 0.100. The van der Waals surface area contributed by atoms with E-state index in [9.17, 15) is 14.4 Å². The summed E-state index contributed by atoms with van der Waals surface area (Å²) in [5.41, 5.74) is 3.25. The summed E-state index contributed by atoms with van der Waals surface area (Å²) in [6.07, 6.45) is 0.204. The first kappa shape index (κ1) is 23.7. The van der Waals surface area contributed by atoms with E-state index < -0.39 is 29.8 Å². The smallest absolute Gasteiger partial charge is 0.262 e. The Morgan fingerprint density at radius 2 is 1.25 bits per heavy atom. The minimum Gasteiger partial charge on any atom is -0.343 e. The predicted molar refractivity (Wildman–Crippen MR) is 141 cm³/mol. The molecule has 36 heavy (non-hydrogen) atoms. The molecule has 5 rings (SSSR count). The second-order valence-electron chi connectivity index (χ2n) is 8.61. The number of halogens is 1. The number of nitrogens with zero attached hydrogens (tertiary/aromatic N) is 1. The third-order valence-corrected chi connectivity index (χ3v) is 7.07. The summed E-state index contributed by atoms with van der Waals surface area (Å²) in [4.78, 5) is 41.8. The maximum absolute atomic E-state index is 14.0. The van der Waals surface area contributed by atoms with E-state index in [2.05, 4.69) is 21.2 Å². The van der Waals surface area contributed by atoms with Gasteiger partial charge in [0.15, 0.2) is 0 Å². The Morgan fingerprint density at radius 3 is 1.86 bits per heavy atom. The van der Waals surface area contributed by atoms with Gasteiger partial charge in [0.2, 0.25) is 5.91 Å². The maximum atomic E-state index is 14.0. The first-order chi connectivity index (χ1) is 17.5. The van der Waals surface area contributed by atoms with Crippen LogP contribution in [0.15, 0.2) is 114 Å². The van der Waals surface area contributed by atoms with Crippen molar-refractivity contribution in [2.75, 3.05) is 0 Å². The molecule has 0 aromatic heterocycles. The highest BCUT2D eigenvalue weighted by molar-refractivity contribution is 9.10. The van der Waals surface area contributed by atoms with E-state index in [-0.39, 0.29) is 6.42 Å². The summed E-state index contributed by atoms with van der Waals surface area (Å²) in [5.74, 6) is -1.31. The van der Waals surface area contributed by atoms with Crippen molar-refractivity contribution in [1.29, 1.82) is 0 Å². The van der Waals surface area contributed by atoms with Gasteiger partial charge in [0.05, 0.1) is 17.2 Å². The van der Waals surface area contributed by atoms with Crippen molar-refractivity contribution in [3.8, 4) is 0 Å². The molecular formula is C30H23BrN2O3. The van der Waals surface area contributed by atoms with Gasteiger partial charge in [0.1, 0.15) is 6.04 Å². The molecule has 6 heteroatoms. The Morgan fingerprint density at radius 1 is 0.722 bits per heavy atom. The van der Waals surface area contributed by atoms with E-state index in [0.29, 0.717) is 11.1 Å². The number of carbonyl (C=O) groups excluding carboxylic acids is 3. The lowest BCUT2D eigenvalue weighted by atomic mass is 9.97. The van der Waals surface area contributed by atoms with Crippen LogP contribution >= 0.6 is 15.9 Å². The normalized spacial score (nSPS) is 14.3. The SMILES string of the molecule is O=C(N[C@H](c1ccccc1)c1ccccc1Br)[C@@H](Cc1ccccc1)N1C(=O)c2ccccc2C1=O. The largest absolute Gasteiger partial charge is 0.343 e. The molecule has 0 spiro atoms. The average molecular weight is 539 g/mol. The Labute approximate surface area is 217 Å². The van der Waals surface area contributed by atoms with Gasteiger partial charge in [-0.15, -0.1) is 0 Å². The fourth-order valence-corrected chi connectivity index (χ4v) is 5.08. The lowest BCUT2D eigenvalue weighted by Gasteiger charge is -2.29. The second-order valence-corrected chi connectivity index (χ2v) is 9.46. The van der Waals surface area contributed by atoms with Crippen LogP contribution < -0.4 is 5.32 Å². The van der Waals surface area contributed by atoms with Crippen molar-refractivity contribution in [3.63, 3.8) is 0 Å². The third kappa shape index (κ3) is 4.60. The molecule has 4 aromatic carbocycles. The topological polar surface area (TPSA) is 66.5 Å². The molecule has 0 saturated carbocycles. The monoisotopic (exact) mass is 538 g/mol. The second kappa shape index (κ2) is 10.3. The highest BCUT2D eigenvalue weighted by Crippen LogP contribution is 2.30. The minimum atomic E-state index is -1.02. The molecule has 5 nitrogen and oxygen atoms in total. The first-order valence-electron chi connectivity index (χ1n) is 11.6. The highest BCUT2D eigenvalue weighted by Gasteiger charge is 2.43. The van der Waals surface area contributed by atoms with Crippen LogP contribution in [0.4, 0.5) is 0 Å². The number of rotatable bonds is 7. The Kier molecular flexibility index (Phi) is 6.78. The zero-order valence-electron chi connectivity index (χ0n) is 19.3.